The zero-order chi connectivity index (χ0) is 10.7. The summed E-state index contributed by atoms with van der Waals surface area (Å²) in [5, 5.41) is 10.6. The number of rotatable bonds is 2. The molecule has 0 saturated heterocycles. The molecule has 5 heteroatoms. The van der Waals surface area contributed by atoms with E-state index < -0.39 is 4.92 Å². The van der Waals surface area contributed by atoms with Crippen LogP contribution in [-0.2, 0) is 0 Å². The Hall–Kier alpha value is -1.91. The molecule has 1 aromatic rings. The van der Waals surface area contributed by atoms with Crippen LogP contribution in [0.4, 0.5) is 11.4 Å². The summed E-state index contributed by atoms with van der Waals surface area (Å²) in [6, 6.07) is 3.21. The van der Waals surface area contributed by atoms with Gasteiger partial charge in [-0.3, -0.25) is 15.1 Å². The maximum Gasteiger partial charge on any atom is 0.293 e. The van der Waals surface area contributed by atoms with Crippen LogP contribution in [0.2, 0.25) is 0 Å². The van der Waals surface area contributed by atoms with Crippen molar-refractivity contribution in [3.63, 3.8) is 0 Å². The Morgan fingerprint density at radius 1 is 1.57 bits per heavy atom. The van der Waals surface area contributed by atoms with Gasteiger partial charge in [0, 0.05) is 24.9 Å². The van der Waals surface area contributed by atoms with Crippen molar-refractivity contribution in [2.45, 2.75) is 6.92 Å². The Kier molecular flexibility index (Phi) is 2.81. The Bertz CT molecular complexity index is 399. The average Bonchev–Trinajstić information content (AvgIpc) is 2.10. The Morgan fingerprint density at radius 2 is 2.21 bits per heavy atom. The third-order valence-corrected chi connectivity index (χ3v) is 1.80. The molecule has 0 aliphatic heterocycles. The van der Waals surface area contributed by atoms with Crippen molar-refractivity contribution in [2.75, 3.05) is 12.8 Å². The van der Waals surface area contributed by atoms with Crippen molar-refractivity contribution >= 4 is 17.6 Å². The maximum absolute atomic E-state index is 10.6. The SMILES string of the molecule is CN=Cc1cc(C)cc([N+](=O)[O-])c1N. The lowest BCUT2D eigenvalue weighted by molar-refractivity contribution is -0.383. The van der Waals surface area contributed by atoms with Crippen LogP contribution in [0.25, 0.3) is 0 Å². The smallest absolute Gasteiger partial charge is 0.293 e. The molecule has 1 rings (SSSR count). The maximum atomic E-state index is 10.6. The van der Waals surface area contributed by atoms with Crippen molar-refractivity contribution < 1.29 is 4.92 Å². The van der Waals surface area contributed by atoms with Crippen molar-refractivity contribution in [3.05, 3.63) is 33.4 Å². The van der Waals surface area contributed by atoms with Crippen molar-refractivity contribution in [1.29, 1.82) is 0 Å². The molecule has 14 heavy (non-hydrogen) atoms. The zero-order valence-corrected chi connectivity index (χ0v) is 8.02. The highest BCUT2D eigenvalue weighted by atomic mass is 16.6. The molecule has 74 valence electrons. The van der Waals surface area contributed by atoms with E-state index >= 15 is 0 Å². The predicted octanol–water partition coefficient (Wildman–Crippen LogP) is 1.53. The number of nitro groups is 1. The van der Waals surface area contributed by atoms with Gasteiger partial charge in [0.15, 0.2) is 0 Å². The van der Waals surface area contributed by atoms with Gasteiger partial charge in [-0.1, -0.05) is 0 Å². The molecule has 0 heterocycles. The molecule has 0 radical (unpaired) electrons. The molecule has 0 saturated carbocycles. The summed E-state index contributed by atoms with van der Waals surface area (Å²) < 4.78 is 0. The van der Waals surface area contributed by atoms with Gasteiger partial charge in [-0.25, -0.2) is 0 Å². The fourth-order valence-corrected chi connectivity index (χ4v) is 1.20. The molecule has 5 nitrogen and oxygen atoms in total. The van der Waals surface area contributed by atoms with E-state index in [0.717, 1.165) is 5.56 Å². The van der Waals surface area contributed by atoms with Crippen molar-refractivity contribution in [2.24, 2.45) is 4.99 Å². The van der Waals surface area contributed by atoms with Crippen LogP contribution in [0.3, 0.4) is 0 Å². The van der Waals surface area contributed by atoms with Crippen molar-refractivity contribution in [1.82, 2.24) is 0 Å². The topological polar surface area (TPSA) is 81.5 Å². The highest BCUT2D eigenvalue weighted by molar-refractivity contribution is 5.90. The third-order valence-electron chi connectivity index (χ3n) is 1.80. The Labute approximate surface area is 81.4 Å². The molecule has 0 bridgehead atoms. The number of nitrogens with zero attached hydrogens (tertiary/aromatic N) is 2. The summed E-state index contributed by atoms with van der Waals surface area (Å²) in [5.74, 6) is 0. The number of benzene rings is 1. The number of hydrogen-bond donors (Lipinski definition) is 1. The number of nitro benzene ring substituents is 1. The number of nitrogens with two attached hydrogens (primary N) is 1. The van der Waals surface area contributed by atoms with E-state index in [1.807, 2.05) is 0 Å². The number of hydrogen-bond acceptors (Lipinski definition) is 4. The number of aliphatic imine (C=N–C) groups is 1. The predicted molar refractivity (Wildman–Crippen MR) is 55.8 cm³/mol. The van der Waals surface area contributed by atoms with E-state index in [1.165, 1.54) is 12.3 Å². The normalized spacial score (nSPS) is 10.7. The summed E-state index contributed by atoms with van der Waals surface area (Å²) in [6.45, 7) is 1.78. The monoisotopic (exact) mass is 193 g/mol. The first-order chi connectivity index (χ1) is 6.56. The lowest BCUT2D eigenvalue weighted by atomic mass is 10.1. The molecule has 0 atom stereocenters. The quantitative estimate of drug-likeness (QED) is 0.334. The van der Waals surface area contributed by atoms with Crippen LogP contribution in [-0.4, -0.2) is 18.2 Å². The molecule has 0 aromatic heterocycles. The van der Waals surface area contributed by atoms with Crippen LogP contribution in [0.15, 0.2) is 17.1 Å². The lowest BCUT2D eigenvalue weighted by Gasteiger charge is -2.02. The largest absolute Gasteiger partial charge is 0.393 e. The molecule has 1 aromatic carbocycles. The van der Waals surface area contributed by atoms with Gasteiger partial charge in [0.25, 0.3) is 5.69 Å². The molecule has 0 spiro atoms. The van der Waals surface area contributed by atoms with E-state index in [1.54, 1.807) is 20.0 Å². The van der Waals surface area contributed by atoms with Crippen molar-refractivity contribution in [3.8, 4) is 0 Å². The summed E-state index contributed by atoms with van der Waals surface area (Å²) in [7, 11) is 1.59. The zero-order valence-electron chi connectivity index (χ0n) is 8.02. The summed E-state index contributed by atoms with van der Waals surface area (Å²) >= 11 is 0. The first kappa shape index (κ1) is 10.2. The highest BCUT2D eigenvalue weighted by Crippen LogP contribution is 2.25. The fourth-order valence-electron chi connectivity index (χ4n) is 1.20. The molecule has 0 aliphatic rings. The van der Waals surface area contributed by atoms with Gasteiger partial charge in [-0.2, -0.15) is 0 Å². The Morgan fingerprint density at radius 3 is 2.71 bits per heavy atom. The van der Waals surface area contributed by atoms with E-state index in [4.69, 9.17) is 5.73 Å². The van der Waals surface area contributed by atoms with Crippen LogP contribution in [0.1, 0.15) is 11.1 Å². The van der Waals surface area contributed by atoms with Gasteiger partial charge < -0.3 is 5.73 Å². The van der Waals surface area contributed by atoms with Crippen LogP contribution >= 0.6 is 0 Å². The van der Waals surface area contributed by atoms with Gasteiger partial charge in [-0.15, -0.1) is 0 Å². The van der Waals surface area contributed by atoms with Crippen LogP contribution < -0.4 is 5.73 Å². The van der Waals surface area contributed by atoms with Gasteiger partial charge in [0.2, 0.25) is 0 Å². The van der Waals surface area contributed by atoms with Crippen LogP contribution in [0.5, 0.6) is 0 Å². The summed E-state index contributed by atoms with van der Waals surface area (Å²) in [6.07, 6.45) is 1.51. The van der Waals surface area contributed by atoms with Gasteiger partial charge in [0.05, 0.1) is 4.92 Å². The molecule has 0 amide bonds. The van der Waals surface area contributed by atoms with E-state index in [-0.39, 0.29) is 11.4 Å². The molecule has 0 unspecified atom stereocenters. The molecule has 2 N–H and O–H groups in total. The molecule has 0 fully saturated rings. The number of nitrogen functional groups attached to an aromatic ring is 1. The fraction of sp³-hybridized carbons (Fsp3) is 0.222. The first-order valence-electron chi connectivity index (χ1n) is 4.03. The number of anilines is 1. The first-order valence-corrected chi connectivity index (χ1v) is 4.03. The second-order valence-corrected chi connectivity index (χ2v) is 2.93. The number of aryl methyl sites for hydroxylation is 1. The van der Waals surface area contributed by atoms with E-state index in [0.29, 0.717) is 5.56 Å². The standard InChI is InChI=1S/C9H11N3O2/c1-6-3-7(5-11-2)9(10)8(4-6)12(13)14/h3-5H,10H2,1-2H3. The minimum Gasteiger partial charge on any atom is -0.393 e. The summed E-state index contributed by atoms with van der Waals surface area (Å²) in [5.41, 5.74) is 7.07. The van der Waals surface area contributed by atoms with E-state index in [2.05, 4.69) is 4.99 Å². The van der Waals surface area contributed by atoms with Crippen LogP contribution in [0, 0.1) is 17.0 Å². The average molecular weight is 193 g/mol. The lowest BCUT2D eigenvalue weighted by Crippen LogP contribution is -2.00. The van der Waals surface area contributed by atoms with Gasteiger partial charge in [-0.05, 0) is 18.6 Å². The second-order valence-electron chi connectivity index (χ2n) is 2.93. The van der Waals surface area contributed by atoms with E-state index in [9.17, 15) is 10.1 Å². The minimum absolute atomic E-state index is 0.0695. The molecular formula is C9H11N3O2. The van der Waals surface area contributed by atoms with Gasteiger partial charge in [0.1, 0.15) is 5.69 Å². The third kappa shape index (κ3) is 1.87. The molecule has 0 aliphatic carbocycles. The summed E-state index contributed by atoms with van der Waals surface area (Å²) in [4.78, 5) is 13.9. The highest BCUT2D eigenvalue weighted by Gasteiger charge is 2.14. The Balaban J connectivity index is 3.39. The minimum atomic E-state index is -0.491. The molecular weight excluding hydrogens is 182 g/mol. The second kappa shape index (κ2) is 3.87. The van der Waals surface area contributed by atoms with Gasteiger partial charge >= 0.3 is 0 Å².